The Labute approximate surface area is 788 Å². The first-order chi connectivity index (χ1) is 61.6. The van der Waals surface area contributed by atoms with Crippen LogP contribution in [0.4, 0.5) is 39.2 Å². The van der Waals surface area contributed by atoms with Gasteiger partial charge in [-0.1, -0.05) is 216 Å². The quantitative estimate of drug-likeness (QED) is 0.0194. The number of nitrogens with one attached hydrogen (secondary N) is 10. The third-order valence-electron chi connectivity index (χ3n) is 16.8. The molecule has 9 rings (SSSR count). The van der Waals surface area contributed by atoms with Gasteiger partial charge >= 0.3 is 42.7 Å². The molecule has 30 nitrogen and oxygen atoms in total. The van der Waals surface area contributed by atoms with Crippen LogP contribution in [0.1, 0.15) is 216 Å². The molecule has 30 heteroatoms. The summed E-state index contributed by atoms with van der Waals surface area (Å²) in [6, 6.07) is 69.1. The number of hydrogen-bond acceptors (Lipinski definition) is 20. The van der Waals surface area contributed by atoms with Crippen LogP contribution in [0, 0.1) is 0 Å². The number of nitrogens with two attached hydrogens (primary N) is 2. The molecule has 9 aromatic carbocycles. The number of ether oxygens (including phenoxy) is 8. The number of amides is 10. The van der Waals surface area contributed by atoms with Crippen molar-refractivity contribution in [1.29, 1.82) is 0 Å². The largest absolute Gasteiger partial charge is 0.497 e. The van der Waals surface area contributed by atoms with Crippen LogP contribution in [0.15, 0.2) is 218 Å². The summed E-state index contributed by atoms with van der Waals surface area (Å²) in [5.41, 5.74) is 23.1. The highest BCUT2D eigenvalue weighted by atomic mass is 16.6. The fourth-order valence-corrected chi connectivity index (χ4v) is 10.7. The molecule has 0 aliphatic carbocycles. The zero-order chi connectivity index (χ0) is 96.7. The van der Waals surface area contributed by atoms with E-state index in [0.29, 0.717) is 25.3 Å². The van der Waals surface area contributed by atoms with E-state index in [4.69, 9.17) is 49.4 Å². The molecule has 9 aromatic rings. The van der Waals surface area contributed by atoms with Crippen molar-refractivity contribution in [2.24, 2.45) is 11.5 Å². The van der Waals surface area contributed by atoms with Crippen LogP contribution in [0.3, 0.4) is 0 Å². The minimum Gasteiger partial charge on any atom is -0.497 e. The Kier molecular flexibility index (Phi) is 59.0. The monoisotopic (exact) mass is 1840 g/mol. The molecule has 0 bridgehead atoms. The molecule has 0 heterocycles. The van der Waals surface area contributed by atoms with Crippen molar-refractivity contribution in [2.75, 3.05) is 12.4 Å². The second-order valence-corrected chi connectivity index (χ2v) is 32.6. The molecule has 0 aliphatic heterocycles. The van der Waals surface area contributed by atoms with Crippen molar-refractivity contribution < 1.29 is 85.8 Å². The third-order valence-corrected chi connectivity index (χ3v) is 16.8. The summed E-state index contributed by atoms with van der Waals surface area (Å²) in [7, 11) is 1.61. The molecule has 10 amide bonds. The van der Waals surface area contributed by atoms with Crippen LogP contribution >= 0.6 is 0 Å². The maximum atomic E-state index is 11.9. The van der Waals surface area contributed by atoms with Gasteiger partial charge in [0.1, 0.15) is 57.0 Å². The molecular formula is C103H148N12O18. The highest BCUT2D eigenvalue weighted by Crippen LogP contribution is 2.25. The Morgan fingerprint density at radius 2 is 0.669 bits per heavy atom. The molecule has 0 saturated heterocycles. The summed E-state index contributed by atoms with van der Waals surface area (Å²) in [4.78, 5) is 113. The van der Waals surface area contributed by atoms with Gasteiger partial charge in [0.15, 0.2) is 0 Å². The Hall–Kier alpha value is -13.7. The Bertz CT molecular complexity index is 4800. The molecule has 728 valence electrons. The number of alkyl carbamates (subject to hydrolysis) is 7. The first kappa shape index (κ1) is 119. The lowest BCUT2D eigenvalue weighted by atomic mass is 10.0. The maximum absolute atomic E-state index is 11.9. The standard InChI is InChI=1S/C17H26N2O4.C17H19NO2.C15H18N2O.C14H20N2O3.C13H18N2O3.C12H18N2O2.C12H17NO3.3CH4/c1-12(2)19-16(21)22-11-14-8-6-13(7-9-14)10-18-15(20)23-17(3,4)5;1-13(2)18-17(19)20-12-15-10-6-7-11-16(15)14-8-4-3-5-9-14;1-10(2)17-15(18)14(16)13-8-7-11-5-3-4-6-12(11)9-13;1-10(2)16-14(18)19-9-13-6-4-12(5-7-13)8-15-11(3)17;1-9(2)14-13(17)18-8-11-6-4-5-7-12(11)15-10(3)16;1-9(2)14-12(15)16-8-11-5-3-10(7-13)4-6-11;1-9(2)13-12(14)16-8-10-4-6-11(15-3)7-5-10;;;/h6-9,12H,10-11H2,1-5H3,(H,18,20)(H,19,21);3-11,13H,12H2,1-2H3,(H,18,19);3-10,14H,16H2,1-2H3,(H,17,18);4-7,10H,8-9H2,1-3H3,(H,15,17)(H,16,18);4-7,9H,8H2,1-3H3,(H,14,17)(H,15,16);3-6,9H,7-8,13H2,1-2H3,(H,14,15);4-7,9H,8H2,1-3H3,(H,13,14);3*1H4. The Balaban J connectivity index is 0.00000153. The highest BCUT2D eigenvalue weighted by molar-refractivity contribution is 5.90. The number of anilines is 1. The minimum atomic E-state index is -0.614. The smallest absolute Gasteiger partial charge is 0.407 e. The van der Waals surface area contributed by atoms with Crippen LogP contribution < -0.4 is 69.4 Å². The van der Waals surface area contributed by atoms with Crippen LogP contribution in [-0.4, -0.2) is 115 Å². The Morgan fingerprint density at radius 3 is 1.05 bits per heavy atom. The lowest BCUT2D eigenvalue weighted by molar-refractivity contribution is -0.123. The van der Waals surface area contributed by atoms with Crippen molar-refractivity contribution in [2.45, 2.75) is 267 Å². The lowest BCUT2D eigenvalue weighted by Gasteiger charge is -2.19. The zero-order valence-corrected chi connectivity index (χ0v) is 78.8. The van der Waals surface area contributed by atoms with E-state index in [1.54, 1.807) is 19.2 Å². The van der Waals surface area contributed by atoms with Gasteiger partial charge in [-0.25, -0.2) is 33.6 Å². The van der Waals surface area contributed by atoms with Gasteiger partial charge in [-0.15, -0.1) is 0 Å². The van der Waals surface area contributed by atoms with Crippen molar-refractivity contribution >= 4 is 76.8 Å². The second-order valence-electron chi connectivity index (χ2n) is 32.6. The predicted molar refractivity (Wildman–Crippen MR) is 529 cm³/mol. The number of carbonyl (C=O) groups excluding carboxylic acids is 10. The predicted octanol–water partition coefficient (Wildman–Crippen LogP) is 20.0. The molecule has 1 unspecified atom stereocenters. The summed E-state index contributed by atoms with van der Waals surface area (Å²) in [5, 5.41) is 29.1. The molecule has 0 fully saturated rings. The molecule has 0 aromatic heterocycles. The van der Waals surface area contributed by atoms with E-state index in [9.17, 15) is 47.9 Å². The van der Waals surface area contributed by atoms with E-state index >= 15 is 0 Å². The first-order valence-electron chi connectivity index (χ1n) is 43.0. The van der Waals surface area contributed by atoms with Gasteiger partial charge in [0.2, 0.25) is 17.7 Å². The van der Waals surface area contributed by atoms with Crippen molar-refractivity contribution in [3.63, 3.8) is 0 Å². The lowest BCUT2D eigenvalue weighted by Crippen LogP contribution is -2.38. The second kappa shape index (κ2) is 65.8. The van der Waals surface area contributed by atoms with E-state index in [-0.39, 0.29) is 128 Å². The number of methoxy groups -OCH3 is 1. The van der Waals surface area contributed by atoms with E-state index in [1.807, 2.05) is 324 Å². The normalized spacial score (nSPS) is 10.4. The molecule has 0 aliphatic rings. The summed E-state index contributed by atoms with van der Waals surface area (Å²) in [5.74, 6) is 0.433. The fourth-order valence-electron chi connectivity index (χ4n) is 10.7. The van der Waals surface area contributed by atoms with E-state index in [0.717, 1.165) is 83.3 Å². The summed E-state index contributed by atoms with van der Waals surface area (Å²) >= 11 is 0. The maximum Gasteiger partial charge on any atom is 0.407 e. The van der Waals surface area contributed by atoms with Gasteiger partial charge in [-0.2, -0.15) is 0 Å². The number of para-hydroxylation sites is 1. The number of rotatable bonds is 29. The molecule has 0 spiro atoms. The number of benzene rings is 9. The van der Waals surface area contributed by atoms with E-state index < -0.39 is 48.2 Å². The number of hydrogen-bond donors (Lipinski definition) is 12. The van der Waals surface area contributed by atoms with Crippen molar-refractivity contribution in [1.82, 2.24) is 47.9 Å². The van der Waals surface area contributed by atoms with E-state index in [1.165, 1.54) is 13.8 Å². The molecule has 14 N–H and O–H groups in total. The third kappa shape index (κ3) is 55.8. The van der Waals surface area contributed by atoms with Crippen LogP contribution in [-0.2, 0) is 107 Å². The number of fused-ring (bicyclic) bond motifs is 1. The number of carbonyl (C=O) groups is 10. The van der Waals surface area contributed by atoms with Gasteiger partial charge in [0.05, 0.1) is 7.11 Å². The van der Waals surface area contributed by atoms with Gasteiger partial charge in [-0.3, -0.25) is 14.4 Å². The molecule has 0 radical (unpaired) electrons. The molecule has 133 heavy (non-hydrogen) atoms. The molecule has 1 atom stereocenters. The highest BCUT2D eigenvalue weighted by Gasteiger charge is 2.19. The van der Waals surface area contributed by atoms with Crippen LogP contribution in [0.2, 0.25) is 0 Å². The average Bonchev–Trinajstić information content (AvgIpc) is 0.830. The Morgan fingerprint density at radius 1 is 0.338 bits per heavy atom. The van der Waals surface area contributed by atoms with Gasteiger partial charge in [0.25, 0.3) is 0 Å². The SMILES string of the molecule is C.C.C.CC(=O)NCc1ccc(COC(=O)NC(C)C)cc1.CC(=O)Nc1ccccc1COC(=O)NC(C)C.CC(C)NC(=O)C(N)c1ccc2ccccc2c1.CC(C)NC(=O)OCc1ccc(CN)cc1.CC(C)NC(=O)OCc1ccc(CNC(=O)OC(C)(C)C)cc1.CC(C)NC(=O)OCc1ccccc1-c1ccccc1.COc1ccc(COC(=O)NC(C)C)cc1. The molecular weight excluding hydrogens is 1690 g/mol. The van der Waals surface area contributed by atoms with E-state index in [2.05, 4.69) is 53.2 Å². The topological polar surface area (TPSA) is 417 Å². The summed E-state index contributed by atoms with van der Waals surface area (Å²) < 4.78 is 40.7. The van der Waals surface area contributed by atoms with Gasteiger partial charge in [0, 0.05) is 87.0 Å². The minimum absolute atomic E-state index is 0. The van der Waals surface area contributed by atoms with Crippen LogP contribution in [0.25, 0.3) is 21.9 Å². The fraction of sp³-hybridized carbons (Fsp3) is 0.398. The molecule has 0 saturated carbocycles. The van der Waals surface area contributed by atoms with Gasteiger partial charge in [-0.05, 0) is 214 Å². The first-order valence-corrected chi connectivity index (χ1v) is 43.0. The van der Waals surface area contributed by atoms with Crippen molar-refractivity contribution in [3.8, 4) is 16.9 Å². The zero-order valence-electron chi connectivity index (χ0n) is 78.8. The average molecular weight is 1840 g/mol. The van der Waals surface area contributed by atoms with Crippen molar-refractivity contribution in [3.05, 3.63) is 274 Å². The van der Waals surface area contributed by atoms with Crippen LogP contribution in [0.5, 0.6) is 5.75 Å². The van der Waals surface area contributed by atoms with Gasteiger partial charge < -0.3 is 103 Å². The summed E-state index contributed by atoms with van der Waals surface area (Å²) in [6.45, 7) is 37.5. The summed E-state index contributed by atoms with van der Waals surface area (Å²) in [6.07, 6.45) is -2.95.